The molecule has 1 amide bonds. The lowest BCUT2D eigenvalue weighted by Crippen LogP contribution is -2.25. The quantitative estimate of drug-likeness (QED) is 0.922. The Hall–Kier alpha value is -2.80. The van der Waals surface area contributed by atoms with Gasteiger partial charge in [0.25, 0.3) is 5.91 Å². The number of hydrogen-bond donors (Lipinski definition) is 1. The van der Waals surface area contributed by atoms with Crippen molar-refractivity contribution in [3.8, 4) is 6.07 Å². The van der Waals surface area contributed by atoms with Gasteiger partial charge in [0.1, 0.15) is 0 Å². The number of anilines is 1. The highest BCUT2D eigenvalue weighted by atomic mass is 16.1. The van der Waals surface area contributed by atoms with Gasteiger partial charge in [0, 0.05) is 31.9 Å². The van der Waals surface area contributed by atoms with Crippen molar-refractivity contribution in [3.05, 3.63) is 65.2 Å². The van der Waals surface area contributed by atoms with Crippen molar-refractivity contribution in [3.63, 3.8) is 0 Å². The Morgan fingerprint density at radius 3 is 2.55 bits per heavy atom. The first-order valence-electron chi connectivity index (χ1n) is 7.15. The number of amides is 1. The first-order chi connectivity index (χ1) is 10.6. The monoisotopic (exact) mass is 293 g/mol. The third-order valence-corrected chi connectivity index (χ3v) is 3.41. The molecular weight excluding hydrogens is 274 g/mol. The van der Waals surface area contributed by atoms with Gasteiger partial charge >= 0.3 is 0 Å². The fraction of sp³-hybridized carbons (Fsp3) is 0.222. The molecule has 0 aliphatic heterocycles. The number of hydrogen-bond acceptors (Lipinski definition) is 3. The summed E-state index contributed by atoms with van der Waals surface area (Å²) in [6.07, 6.45) is 0.775. The molecular formula is C18H19N3O. The molecule has 0 atom stereocenters. The zero-order valence-corrected chi connectivity index (χ0v) is 12.8. The first-order valence-corrected chi connectivity index (χ1v) is 7.15. The molecule has 0 spiro atoms. The van der Waals surface area contributed by atoms with Gasteiger partial charge in [0.2, 0.25) is 0 Å². The molecule has 112 valence electrons. The fourth-order valence-electron chi connectivity index (χ4n) is 2.11. The molecule has 0 aromatic heterocycles. The first kappa shape index (κ1) is 15.6. The smallest absolute Gasteiger partial charge is 0.251 e. The van der Waals surface area contributed by atoms with Gasteiger partial charge in [0.15, 0.2) is 0 Å². The summed E-state index contributed by atoms with van der Waals surface area (Å²) >= 11 is 0. The minimum absolute atomic E-state index is 0.151. The van der Waals surface area contributed by atoms with Gasteiger partial charge in [-0.05, 0) is 42.3 Å². The second-order valence-electron chi connectivity index (χ2n) is 5.26. The van der Waals surface area contributed by atoms with E-state index < -0.39 is 0 Å². The topological polar surface area (TPSA) is 56.1 Å². The molecule has 0 aliphatic rings. The Morgan fingerprint density at radius 1 is 1.18 bits per heavy atom. The van der Waals surface area contributed by atoms with Gasteiger partial charge < -0.3 is 10.2 Å². The Morgan fingerprint density at radius 2 is 1.91 bits per heavy atom. The summed E-state index contributed by atoms with van der Waals surface area (Å²) in [5.41, 5.74) is 3.34. The SMILES string of the molecule is CN(C)c1ccc(CCNC(=O)c2cccc(C#N)c2)cc1. The van der Waals surface area contributed by atoms with E-state index in [4.69, 9.17) is 5.26 Å². The summed E-state index contributed by atoms with van der Waals surface area (Å²) in [5, 5.41) is 11.7. The van der Waals surface area contributed by atoms with Crippen molar-refractivity contribution in [2.24, 2.45) is 0 Å². The molecule has 0 aliphatic carbocycles. The van der Waals surface area contributed by atoms with Crippen LogP contribution in [0.5, 0.6) is 0 Å². The van der Waals surface area contributed by atoms with Crippen molar-refractivity contribution in [2.75, 3.05) is 25.5 Å². The van der Waals surface area contributed by atoms with E-state index in [0.29, 0.717) is 17.7 Å². The molecule has 4 heteroatoms. The summed E-state index contributed by atoms with van der Waals surface area (Å²) in [6.45, 7) is 0.566. The number of nitrogens with zero attached hydrogens (tertiary/aromatic N) is 2. The molecule has 2 aromatic rings. The Kier molecular flexibility index (Phi) is 5.16. The van der Waals surface area contributed by atoms with Gasteiger partial charge in [-0.2, -0.15) is 5.26 Å². The van der Waals surface area contributed by atoms with E-state index in [-0.39, 0.29) is 5.91 Å². The Balaban J connectivity index is 1.87. The summed E-state index contributed by atoms with van der Waals surface area (Å²) in [7, 11) is 4.01. The normalized spacial score (nSPS) is 9.86. The van der Waals surface area contributed by atoms with E-state index in [1.165, 1.54) is 5.56 Å². The third-order valence-electron chi connectivity index (χ3n) is 3.41. The van der Waals surface area contributed by atoms with Crippen molar-refractivity contribution < 1.29 is 4.79 Å². The molecule has 2 rings (SSSR count). The Labute approximate surface area is 131 Å². The molecule has 0 fully saturated rings. The second kappa shape index (κ2) is 7.28. The maximum Gasteiger partial charge on any atom is 0.251 e. The van der Waals surface area contributed by atoms with Gasteiger partial charge in [-0.3, -0.25) is 4.79 Å². The average Bonchev–Trinajstić information content (AvgIpc) is 2.55. The lowest BCUT2D eigenvalue weighted by molar-refractivity contribution is 0.0954. The van der Waals surface area contributed by atoms with Gasteiger partial charge in [-0.1, -0.05) is 18.2 Å². The minimum atomic E-state index is -0.151. The minimum Gasteiger partial charge on any atom is -0.378 e. The van der Waals surface area contributed by atoms with Crippen LogP contribution in [0.1, 0.15) is 21.5 Å². The second-order valence-corrected chi connectivity index (χ2v) is 5.26. The molecule has 0 radical (unpaired) electrons. The van der Waals surface area contributed by atoms with Crippen molar-refractivity contribution in [1.29, 1.82) is 5.26 Å². The summed E-state index contributed by atoms with van der Waals surface area (Å²) in [6, 6.07) is 17.0. The molecule has 0 saturated heterocycles. The van der Waals surface area contributed by atoms with Crippen LogP contribution in [0.2, 0.25) is 0 Å². The fourth-order valence-corrected chi connectivity index (χ4v) is 2.11. The molecule has 0 bridgehead atoms. The lowest BCUT2D eigenvalue weighted by atomic mass is 10.1. The number of carbonyl (C=O) groups is 1. The van der Waals surface area contributed by atoms with E-state index in [1.54, 1.807) is 24.3 Å². The zero-order valence-electron chi connectivity index (χ0n) is 12.8. The number of nitriles is 1. The van der Waals surface area contributed by atoms with E-state index in [9.17, 15) is 4.79 Å². The van der Waals surface area contributed by atoms with Gasteiger partial charge in [-0.15, -0.1) is 0 Å². The van der Waals surface area contributed by atoms with Crippen LogP contribution in [0.3, 0.4) is 0 Å². The summed E-state index contributed by atoms with van der Waals surface area (Å²) in [4.78, 5) is 14.1. The molecule has 0 unspecified atom stereocenters. The van der Waals surface area contributed by atoms with Crippen molar-refractivity contribution in [1.82, 2.24) is 5.32 Å². The predicted octanol–water partition coefficient (Wildman–Crippen LogP) is 2.60. The highest BCUT2D eigenvalue weighted by Gasteiger charge is 2.05. The van der Waals surface area contributed by atoms with E-state index in [1.807, 2.05) is 25.1 Å². The van der Waals surface area contributed by atoms with Crippen LogP contribution in [0.25, 0.3) is 0 Å². The van der Waals surface area contributed by atoms with Crippen LogP contribution in [0, 0.1) is 11.3 Å². The maximum absolute atomic E-state index is 12.0. The lowest BCUT2D eigenvalue weighted by Gasteiger charge is -2.12. The highest BCUT2D eigenvalue weighted by Crippen LogP contribution is 2.12. The number of rotatable bonds is 5. The molecule has 2 aromatic carbocycles. The van der Waals surface area contributed by atoms with Crippen LogP contribution in [-0.2, 0) is 6.42 Å². The van der Waals surface area contributed by atoms with Crippen LogP contribution >= 0.6 is 0 Å². The standard InChI is InChI=1S/C18H19N3O/c1-21(2)17-8-6-14(7-9-17)10-11-20-18(22)16-5-3-4-15(12-16)13-19/h3-9,12H,10-11H2,1-2H3,(H,20,22). The van der Waals surface area contributed by atoms with Gasteiger partial charge in [-0.25, -0.2) is 0 Å². The van der Waals surface area contributed by atoms with Crippen LogP contribution in [0.4, 0.5) is 5.69 Å². The van der Waals surface area contributed by atoms with Crippen LogP contribution in [0.15, 0.2) is 48.5 Å². The number of carbonyl (C=O) groups excluding carboxylic acids is 1. The van der Waals surface area contributed by atoms with Crippen LogP contribution in [-0.4, -0.2) is 26.5 Å². The molecule has 0 saturated carbocycles. The van der Waals surface area contributed by atoms with Crippen LogP contribution < -0.4 is 10.2 Å². The molecule has 4 nitrogen and oxygen atoms in total. The maximum atomic E-state index is 12.0. The predicted molar refractivity (Wildman–Crippen MR) is 88.0 cm³/mol. The molecule has 1 N–H and O–H groups in total. The van der Waals surface area contributed by atoms with E-state index in [0.717, 1.165) is 12.1 Å². The summed E-state index contributed by atoms with van der Waals surface area (Å²) in [5.74, 6) is -0.151. The van der Waals surface area contributed by atoms with E-state index in [2.05, 4.69) is 29.6 Å². The largest absolute Gasteiger partial charge is 0.378 e. The summed E-state index contributed by atoms with van der Waals surface area (Å²) < 4.78 is 0. The van der Waals surface area contributed by atoms with E-state index >= 15 is 0 Å². The Bertz CT molecular complexity index is 684. The third kappa shape index (κ3) is 4.10. The zero-order chi connectivity index (χ0) is 15.9. The molecule has 0 heterocycles. The van der Waals surface area contributed by atoms with Crippen molar-refractivity contribution >= 4 is 11.6 Å². The highest BCUT2D eigenvalue weighted by molar-refractivity contribution is 5.94. The van der Waals surface area contributed by atoms with Gasteiger partial charge in [0.05, 0.1) is 11.6 Å². The molecule has 22 heavy (non-hydrogen) atoms. The average molecular weight is 293 g/mol. The number of benzene rings is 2. The van der Waals surface area contributed by atoms with Crippen molar-refractivity contribution in [2.45, 2.75) is 6.42 Å². The number of nitrogens with one attached hydrogen (secondary N) is 1.